The quantitative estimate of drug-likeness (QED) is 0.921. The standard InChI is InChI=1S/C17H19FO2/c1-10-5-6-13(18)9-15(10)17(19)14-7-12(3)16(20-4)8-11(14)2/h5-9,17,19H,1-4H3. The van der Waals surface area contributed by atoms with E-state index >= 15 is 0 Å². The number of rotatable bonds is 3. The van der Waals surface area contributed by atoms with Crippen molar-refractivity contribution in [1.82, 2.24) is 0 Å². The third-order valence-electron chi connectivity index (χ3n) is 3.61. The van der Waals surface area contributed by atoms with Gasteiger partial charge in [0.2, 0.25) is 0 Å². The molecule has 2 aromatic rings. The molecule has 3 heteroatoms. The molecule has 0 heterocycles. The topological polar surface area (TPSA) is 29.5 Å². The second-order valence-electron chi connectivity index (χ2n) is 5.08. The van der Waals surface area contributed by atoms with Crippen LogP contribution in [0.4, 0.5) is 4.39 Å². The Morgan fingerprint density at radius 1 is 0.950 bits per heavy atom. The van der Waals surface area contributed by atoms with Crippen LogP contribution in [0.3, 0.4) is 0 Å². The number of hydrogen-bond acceptors (Lipinski definition) is 2. The summed E-state index contributed by atoms with van der Waals surface area (Å²) in [5.74, 6) is 0.446. The first-order chi connectivity index (χ1) is 9.43. The van der Waals surface area contributed by atoms with Gasteiger partial charge < -0.3 is 9.84 Å². The Labute approximate surface area is 118 Å². The van der Waals surface area contributed by atoms with Gasteiger partial charge in [-0.3, -0.25) is 0 Å². The van der Waals surface area contributed by atoms with Gasteiger partial charge in [0, 0.05) is 0 Å². The van der Waals surface area contributed by atoms with Crippen LogP contribution in [0, 0.1) is 26.6 Å². The Morgan fingerprint density at radius 3 is 2.25 bits per heavy atom. The van der Waals surface area contributed by atoms with E-state index in [4.69, 9.17) is 4.74 Å². The molecule has 1 atom stereocenters. The molecule has 0 radical (unpaired) electrons. The van der Waals surface area contributed by atoms with E-state index in [0.717, 1.165) is 28.0 Å². The Hall–Kier alpha value is -1.87. The summed E-state index contributed by atoms with van der Waals surface area (Å²) in [6.07, 6.45) is -0.838. The van der Waals surface area contributed by atoms with E-state index in [0.29, 0.717) is 5.56 Å². The highest BCUT2D eigenvalue weighted by Gasteiger charge is 2.17. The number of ether oxygens (including phenoxy) is 1. The van der Waals surface area contributed by atoms with E-state index in [9.17, 15) is 9.50 Å². The molecule has 0 saturated heterocycles. The number of halogens is 1. The van der Waals surface area contributed by atoms with Crippen molar-refractivity contribution in [2.24, 2.45) is 0 Å². The number of aryl methyl sites for hydroxylation is 3. The molecule has 0 aliphatic rings. The number of aliphatic hydroxyl groups excluding tert-OH is 1. The average molecular weight is 274 g/mol. The number of aliphatic hydroxyl groups is 1. The predicted octanol–water partition coefficient (Wildman–Crippen LogP) is 3.84. The normalized spacial score (nSPS) is 12.3. The molecule has 1 N–H and O–H groups in total. The Balaban J connectivity index is 2.50. The lowest BCUT2D eigenvalue weighted by molar-refractivity contribution is 0.218. The molecule has 0 aliphatic carbocycles. The van der Waals surface area contributed by atoms with Crippen LogP contribution in [-0.4, -0.2) is 12.2 Å². The molecule has 2 rings (SSSR count). The zero-order valence-corrected chi connectivity index (χ0v) is 12.2. The Bertz CT molecular complexity index is 635. The van der Waals surface area contributed by atoms with Crippen molar-refractivity contribution in [3.63, 3.8) is 0 Å². The summed E-state index contributed by atoms with van der Waals surface area (Å²) in [4.78, 5) is 0. The van der Waals surface area contributed by atoms with Gasteiger partial charge >= 0.3 is 0 Å². The van der Waals surface area contributed by atoms with Gasteiger partial charge in [-0.1, -0.05) is 6.07 Å². The van der Waals surface area contributed by atoms with E-state index in [1.165, 1.54) is 12.1 Å². The maximum absolute atomic E-state index is 13.4. The van der Waals surface area contributed by atoms with E-state index in [1.54, 1.807) is 13.2 Å². The highest BCUT2D eigenvalue weighted by Crippen LogP contribution is 2.31. The smallest absolute Gasteiger partial charge is 0.123 e. The van der Waals surface area contributed by atoms with Gasteiger partial charge in [0.15, 0.2) is 0 Å². The van der Waals surface area contributed by atoms with Gasteiger partial charge in [-0.15, -0.1) is 0 Å². The molecule has 106 valence electrons. The van der Waals surface area contributed by atoms with Crippen LogP contribution in [0.25, 0.3) is 0 Å². The minimum absolute atomic E-state index is 0.340. The lowest BCUT2D eigenvalue weighted by atomic mass is 9.93. The molecule has 2 nitrogen and oxygen atoms in total. The van der Waals surface area contributed by atoms with Gasteiger partial charge in [0.25, 0.3) is 0 Å². The molecule has 20 heavy (non-hydrogen) atoms. The highest BCUT2D eigenvalue weighted by atomic mass is 19.1. The fourth-order valence-electron chi connectivity index (χ4n) is 2.40. The largest absolute Gasteiger partial charge is 0.496 e. The van der Waals surface area contributed by atoms with Crippen LogP contribution in [0.15, 0.2) is 30.3 Å². The summed E-state index contributed by atoms with van der Waals surface area (Å²) in [5, 5.41) is 10.6. The molecule has 0 aliphatic heterocycles. The van der Waals surface area contributed by atoms with Gasteiger partial charge in [-0.2, -0.15) is 0 Å². The van der Waals surface area contributed by atoms with Gasteiger partial charge in [-0.25, -0.2) is 4.39 Å². The molecule has 2 aromatic carbocycles. The number of hydrogen-bond donors (Lipinski definition) is 1. The van der Waals surface area contributed by atoms with E-state index in [1.807, 2.05) is 32.9 Å². The van der Waals surface area contributed by atoms with Crippen LogP contribution < -0.4 is 4.74 Å². The molecule has 0 saturated carbocycles. The molecule has 1 unspecified atom stereocenters. The molecule has 0 aromatic heterocycles. The van der Waals surface area contributed by atoms with E-state index in [2.05, 4.69) is 0 Å². The molecule has 0 fully saturated rings. The molecular weight excluding hydrogens is 255 g/mol. The third-order valence-corrected chi connectivity index (χ3v) is 3.61. The van der Waals surface area contributed by atoms with Crippen molar-refractivity contribution in [2.75, 3.05) is 7.11 Å². The lowest BCUT2D eigenvalue weighted by Crippen LogP contribution is -2.06. The minimum Gasteiger partial charge on any atom is -0.496 e. The van der Waals surface area contributed by atoms with Crippen LogP contribution >= 0.6 is 0 Å². The maximum atomic E-state index is 13.4. The second kappa shape index (κ2) is 5.63. The maximum Gasteiger partial charge on any atom is 0.123 e. The zero-order chi connectivity index (χ0) is 14.9. The summed E-state index contributed by atoms with van der Waals surface area (Å²) >= 11 is 0. The predicted molar refractivity (Wildman–Crippen MR) is 77.7 cm³/mol. The molecular formula is C17H19FO2. The zero-order valence-electron chi connectivity index (χ0n) is 12.2. The van der Waals surface area contributed by atoms with Crippen molar-refractivity contribution in [3.05, 3.63) is 64.0 Å². The lowest BCUT2D eigenvalue weighted by Gasteiger charge is -2.18. The van der Waals surface area contributed by atoms with Gasteiger partial charge in [-0.05, 0) is 72.9 Å². The first-order valence-electron chi connectivity index (χ1n) is 6.53. The SMILES string of the molecule is COc1cc(C)c(C(O)c2cc(F)ccc2C)cc1C. The first kappa shape index (κ1) is 14.5. The number of methoxy groups -OCH3 is 1. The van der Waals surface area contributed by atoms with Crippen LogP contribution in [0.5, 0.6) is 5.75 Å². The summed E-state index contributed by atoms with van der Waals surface area (Å²) < 4.78 is 18.7. The van der Waals surface area contributed by atoms with Crippen LogP contribution in [0.2, 0.25) is 0 Å². The number of benzene rings is 2. The molecule has 0 spiro atoms. The second-order valence-corrected chi connectivity index (χ2v) is 5.08. The first-order valence-corrected chi connectivity index (χ1v) is 6.53. The molecule has 0 bridgehead atoms. The third kappa shape index (κ3) is 2.68. The van der Waals surface area contributed by atoms with Crippen molar-refractivity contribution < 1.29 is 14.2 Å². The van der Waals surface area contributed by atoms with Crippen molar-refractivity contribution in [1.29, 1.82) is 0 Å². The fraction of sp³-hybridized carbons (Fsp3) is 0.294. The van der Waals surface area contributed by atoms with Crippen molar-refractivity contribution >= 4 is 0 Å². The Kier molecular flexibility index (Phi) is 4.09. The summed E-state index contributed by atoms with van der Waals surface area (Å²) in [7, 11) is 1.62. The van der Waals surface area contributed by atoms with Crippen LogP contribution in [-0.2, 0) is 0 Å². The van der Waals surface area contributed by atoms with Crippen molar-refractivity contribution in [3.8, 4) is 5.75 Å². The Morgan fingerprint density at radius 2 is 1.60 bits per heavy atom. The highest BCUT2D eigenvalue weighted by molar-refractivity contribution is 5.46. The summed E-state index contributed by atoms with van der Waals surface area (Å²) in [6.45, 7) is 5.70. The van der Waals surface area contributed by atoms with Gasteiger partial charge in [0.05, 0.1) is 7.11 Å². The summed E-state index contributed by atoms with van der Waals surface area (Å²) in [6, 6.07) is 8.25. The monoisotopic (exact) mass is 274 g/mol. The van der Waals surface area contributed by atoms with E-state index in [-0.39, 0.29) is 5.82 Å². The van der Waals surface area contributed by atoms with Gasteiger partial charge in [0.1, 0.15) is 17.7 Å². The van der Waals surface area contributed by atoms with Crippen molar-refractivity contribution in [2.45, 2.75) is 26.9 Å². The average Bonchev–Trinajstić information content (AvgIpc) is 2.42. The summed E-state index contributed by atoms with van der Waals surface area (Å²) in [5.41, 5.74) is 4.10. The van der Waals surface area contributed by atoms with Crippen LogP contribution in [0.1, 0.15) is 33.9 Å². The van der Waals surface area contributed by atoms with E-state index < -0.39 is 6.10 Å². The minimum atomic E-state index is -0.838. The molecule has 0 amide bonds. The fourth-order valence-corrected chi connectivity index (χ4v) is 2.40.